The molecule has 1 heteroatoms. The van der Waals surface area contributed by atoms with Crippen LogP contribution in [0.3, 0.4) is 0 Å². The molecule has 0 heterocycles. The smallest absolute Gasteiger partial charge is 0.0152 e. The normalized spacial score (nSPS) is 23.8. The van der Waals surface area contributed by atoms with E-state index in [1.165, 1.54) is 12.8 Å². The lowest BCUT2D eigenvalue weighted by atomic mass is 9.96. The minimum Gasteiger partial charge on any atom is -0.316 e. The summed E-state index contributed by atoms with van der Waals surface area (Å²) in [5.41, 5.74) is 0.586. The van der Waals surface area contributed by atoms with Crippen LogP contribution in [0.5, 0.6) is 0 Å². The van der Waals surface area contributed by atoms with Crippen molar-refractivity contribution in [1.82, 2.24) is 5.32 Å². The zero-order valence-electron chi connectivity index (χ0n) is 6.98. The van der Waals surface area contributed by atoms with Gasteiger partial charge in [-0.2, -0.15) is 0 Å². The van der Waals surface area contributed by atoms with E-state index in [1.54, 1.807) is 0 Å². The third-order valence-electron chi connectivity index (χ3n) is 2.63. The highest BCUT2D eigenvalue weighted by molar-refractivity contribution is 5.00. The van der Waals surface area contributed by atoms with E-state index in [1.807, 2.05) is 13.1 Å². The van der Waals surface area contributed by atoms with Gasteiger partial charge in [-0.05, 0) is 31.7 Å². The predicted octanol–water partition coefficient (Wildman–Crippen LogP) is 1.95. The van der Waals surface area contributed by atoms with E-state index in [0.717, 1.165) is 6.42 Å². The van der Waals surface area contributed by atoms with Gasteiger partial charge in [0.05, 0.1) is 0 Å². The van der Waals surface area contributed by atoms with Crippen molar-refractivity contribution < 1.29 is 0 Å². The molecule has 0 aromatic heterocycles. The van der Waals surface area contributed by atoms with Gasteiger partial charge in [0.25, 0.3) is 0 Å². The van der Waals surface area contributed by atoms with Gasteiger partial charge in [0.15, 0.2) is 0 Å². The Morgan fingerprint density at radius 2 is 2.30 bits per heavy atom. The van der Waals surface area contributed by atoms with Crippen molar-refractivity contribution in [3.8, 4) is 0 Å². The molecule has 0 spiro atoms. The van der Waals surface area contributed by atoms with E-state index in [0.29, 0.717) is 11.5 Å². The van der Waals surface area contributed by atoms with Crippen LogP contribution in [-0.4, -0.2) is 13.1 Å². The van der Waals surface area contributed by atoms with Crippen LogP contribution in [0, 0.1) is 5.41 Å². The monoisotopic (exact) mass is 139 g/mol. The molecule has 0 aliphatic heterocycles. The summed E-state index contributed by atoms with van der Waals surface area (Å²) < 4.78 is 0. The Labute approximate surface area is 63.5 Å². The predicted molar refractivity (Wildman–Crippen MR) is 45.0 cm³/mol. The molecule has 0 aromatic carbocycles. The Kier molecular flexibility index (Phi) is 2.14. The largest absolute Gasteiger partial charge is 0.316 e. The molecule has 1 N–H and O–H groups in total. The van der Waals surface area contributed by atoms with E-state index in [2.05, 4.69) is 18.8 Å². The maximum Gasteiger partial charge on any atom is 0.0152 e. The third kappa shape index (κ3) is 1.40. The molecule has 1 aliphatic carbocycles. The molecular weight excluding hydrogens is 122 g/mol. The molecule has 1 unspecified atom stereocenters. The molecule has 0 radical (unpaired) electrons. The van der Waals surface area contributed by atoms with Crippen molar-refractivity contribution in [2.24, 2.45) is 5.41 Å². The Morgan fingerprint density at radius 1 is 1.70 bits per heavy atom. The van der Waals surface area contributed by atoms with E-state index in [4.69, 9.17) is 0 Å². The van der Waals surface area contributed by atoms with E-state index in [9.17, 15) is 0 Å². The van der Waals surface area contributed by atoms with Gasteiger partial charge in [-0.25, -0.2) is 0 Å². The summed E-state index contributed by atoms with van der Waals surface area (Å²) >= 11 is 0. The van der Waals surface area contributed by atoms with E-state index >= 15 is 0 Å². The summed E-state index contributed by atoms with van der Waals surface area (Å²) in [6.07, 6.45) is 5.87. The molecule has 1 rings (SSSR count). The minimum absolute atomic E-state index is 0.586. The standard InChI is InChI=1S/C9H17N/c1-4-5-8(10-3)9(2)6-7-9/h4,8,10H,1,5-7H2,2-3H3. The first-order valence-corrected chi connectivity index (χ1v) is 4.01. The van der Waals surface area contributed by atoms with Crippen LogP contribution in [0.4, 0.5) is 0 Å². The summed E-state index contributed by atoms with van der Waals surface area (Å²) in [4.78, 5) is 0. The topological polar surface area (TPSA) is 12.0 Å². The maximum atomic E-state index is 3.75. The Balaban J connectivity index is 2.39. The van der Waals surface area contributed by atoms with Gasteiger partial charge in [-0.15, -0.1) is 6.58 Å². The first-order chi connectivity index (χ1) is 4.73. The SMILES string of the molecule is C=CCC(NC)C1(C)CC1. The molecule has 1 fully saturated rings. The fraction of sp³-hybridized carbons (Fsp3) is 0.778. The molecule has 0 saturated heterocycles. The second-order valence-corrected chi connectivity index (χ2v) is 3.52. The van der Waals surface area contributed by atoms with Crippen molar-refractivity contribution in [3.05, 3.63) is 12.7 Å². The van der Waals surface area contributed by atoms with Gasteiger partial charge < -0.3 is 5.32 Å². The molecule has 10 heavy (non-hydrogen) atoms. The van der Waals surface area contributed by atoms with Crippen molar-refractivity contribution in [2.45, 2.75) is 32.2 Å². The van der Waals surface area contributed by atoms with Crippen LogP contribution in [0.1, 0.15) is 26.2 Å². The number of rotatable bonds is 4. The van der Waals surface area contributed by atoms with Gasteiger partial charge in [0.1, 0.15) is 0 Å². The lowest BCUT2D eigenvalue weighted by molar-refractivity contribution is 0.381. The summed E-state index contributed by atoms with van der Waals surface area (Å²) in [7, 11) is 2.04. The maximum absolute atomic E-state index is 3.75. The van der Waals surface area contributed by atoms with Crippen molar-refractivity contribution in [3.63, 3.8) is 0 Å². The summed E-state index contributed by atoms with van der Waals surface area (Å²) in [6, 6.07) is 0.657. The summed E-state index contributed by atoms with van der Waals surface area (Å²) in [5, 5.41) is 3.33. The van der Waals surface area contributed by atoms with Crippen molar-refractivity contribution >= 4 is 0 Å². The fourth-order valence-corrected chi connectivity index (χ4v) is 1.46. The highest BCUT2D eigenvalue weighted by Crippen LogP contribution is 2.48. The summed E-state index contributed by atoms with van der Waals surface area (Å²) in [6.45, 7) is 6.09. The second-order valence-electron chi connectivity index (χ2n) is 3.52. The average molecular weight is 139 g/mol. The zero-order chi connectivity index (χ0) is 7.61. The quantitative estimate of drug-likeness (QED) is 0.587. The molecule has 1 atom stereocenters. The Morgan fingerprint density at radius 3 is 2.60 bits per heavy atom. The number of hydrogen-bond donors (Lipinski definition) is 1. The lowest BCUT2D eigenvalue weighted by Crippen LogP contribution is -2.32. The van der Waals surface area contributed by atoms with Gasteiger partial charge in [-0.1, -0.05) is 13.0 Å². The summed E-state index contributed by atoms with van der Waals surface area (Å²) in [5.74, 6) is 0. The molecule has 0 bridgehead atoms. The van der Waals surface area contributed by atoms with E-state index in [-0.39, 0.29) is 0 Å². The van der Waals surface area contributed by atoms with Crippen LogP contribution in [0.25, 0.3) is 0 Å². The molecule has 1 aliphatic rings. The first kappa shape index (κ1) is 7.80. The molecule has 0 amide bonds. The second kappa shape index (κ2) is 2.75. The lowest BCUT2D eigenvalue weighted by Gasteiger charge is -2.20. The van der Waals surface area contributed by atoms with Crippen LogP contribution in [0.2, 0.25) is 0 Å². The number of nitrogens with one attached hydrogen (secondary N) is 1. The van der Waals surface area contributed by atoms with Crippen LogP contribution in [-0.2, 0) is 0 Å². The highest BCUT2D eigenvalue weighted by Gasteiger charge is 2.43. The molecular formula is C9H17N. The molecule has 58 valence electrons. The first-order valence-electron chi connectivity index (χ1n) is 4.01. The van der Waals surface area contributed by atoms with Crippen LogP contribution < -0.4 is 5.32 Å². The van der Waals surface area contributed by atoms with Crippen molar-refractivity contribution in [2.75, 3.05) is 7.05 Å². The van der Waals surface area contributed by atoms with E-state index < -0.39 is 0 Å². The minimum atomic E-state index is 0.586. The zero-order valence-corrected chi connectivity index (χ0v) is 6.98. The Bertz CT molecular complexity index is 125. The molecule has 0 aromatic rings. The highest BCUT2D eigenvalue weighted by atomic mass is 14.9. The van der Waals surface area contributed by atoms with Gasteiger partial charge in [-0.3, -0.25) is 0 Å². The fourth-order valence-electron chi connectivity index (χ4n) is 1.46. The Hall–Kier alpha value is -0.300. The van der Waals surface area contributed by atoms with Gasteiger partial charge in [0, 0.05) is 6.04 Å². The van der Waals surface area contributed by atoms with Crippen molar-refractivity contribution in [1.29, 1.82) is 0 Å². The van der Waals surface area contributed by atoms with Crippen LogP contribution >= 0.6 is 0 Å². The molecule has 1 nitrogen and oxygen atoms in total. The van der Waals surface area contributed by atoms with Crippen LogP contribution in [0.15, 0.2) is 12.7 Å². The third-order valence-corrected chi connectivity index (χ3v) is 2.63. The van der Waals surface area contributed by atoms with Gasteiger partial charge in [0.2, 0.25) is 0 Å². The average Bonchev–Trinajstić information content (AvgIpc) is 2.64. The van der Waals surface area contributed by atoms with Gasteiger partial charge >= 0.3 is 0 Å². The number of hydrogen-bond acceptors (Lipinski definition) is 1. The molecule has 1 saturated carbocycles.